The van der Waals surface area contributed by atoms with E-state index >= 15 is 0 Å². The minimum atomic E-state index is 0.321. The predicted octanol–water partition coefficient (Wildman–Crippen LogP) is 5.57. The molecule has 1 unspecified atom stereocenters. The van der Waals surface area contributed by atoms with Crippen LogP contribution in [0.25, 0.3) is 0 Å². The Kier molecular flexibility index (Phi) is 5.74. The fourth-order valence-corrected chi connectivity index (χ4v) is 2.34. The van der Waals surface area contributed by atoms with Crippen molar-refractivity contribution in [1.82, 2.24) is 0 Å². The number of unbranched alkanes of at least 4 members (excludes halogenated alkanes) is 1. The van der Waals surface area contributed by atoms with Crippen molar-refractivity contribution in [1.29, 1.82) is 0 Å². The second kappa shape index (κ2) is 6.83. The number of rotatable bonds is 7. The molecule has 0 bridgehead atoms. The van der Waals surface area contributed by atoms with E-state index in [0.29, 0.717) is 5.41 Å². The first-order chi connectivity index (χ1) is 8.06. The molecule has 0 fully saturated rings. The molecule has 0 aliphatic rings. The van der Waals surface area contributed by atoms with E-state index in [1.165, 1.54) is 37.7 Å². The summed E-state index contributed by atoms with van der Waals surface area (Å²) in [6.07, 6.45) is 6.74. The molecule has 96 valence electrons. The minimum Gasteiger partial charge on any atom is -0.0654 e. The quantitative estimate of drug-likeness (QED) is 0.576. The predicted molar refractivity (Wildman–Crippen MR) is 77.4 cm³/mol. The molecule has 0 aliphatic carbocycles. The van der Waals surface area contributed by atoms with Gasteiger partial charge >= 0.3 is 0 Å². The molecule has 1 aromatic carbocycles. The van der Waals surface area contributed by atoms with E-state index in [1.807, 2.05) is 0 Å². The summed E-state index contributed by atoms with van der Waals surface area (Å²) in [6, 6.07) is 10.9. The molecule has 0 nitrogen and oxygen atoms in total. The number of hydrogen-bond acceptors (Lipinski definition) is 0. The van der Waals surface area contributed by atoms with Gasteiger partial charge in [0.2, 0.25) is 0 Å². The van der Waals surface area contributed by atoms with Crippen LogP contribution >= 0.6 is 0 Å². The first-order valence-corrected chi connectivity index (χ1v) is 7.12. The summed E-state index contributed by atoms with van der Waals surface area (Å²) in [5, 5.41) is 0. The van der Waals surface area contributed by atoms with Crippen molar-refractivity contribution >= 4 is 0 Å². The smallest absolute Gasteiger partial charge is 0.0103 e. The van der Waals surface area contributed by atoms with Crippen LogP contribution in [0.2, 0.25) is 0 Å². The van der Waals surface area contributed by atoms with Crippen LogP contribution in [0.4, 0.5) is 0 Å². The summed E-state index contributed by atoms with van der Waals surface area (Å²) < 4.78 is 0. The van der Waals surface area contributed by atoms with Crippen LogP contribution < -0.4 is 0 Å². The fourth-order valence-electron chi connectivity index (χ4n) is 2.34. The molecule has 0 spiro atoms. The third kappa shape index (κ3) is 4.93. The van der Waals surface area contributed by atoms with Crippen molar-refractivity contribution in [2.45, 2.75) is 65.2 Å². The van der Waals surface area contributed by atoms with Crippen LogP contribution in [0.1, 0.15) is 65.4 Å². The lowest BCUT2D eigenvalue weighted by atomic mass is 9.78. The molecule has 0 saturated carbocycles. The summed E-state index contributed by atoms with van der Waals surface area (Å²) in [7, 11) is 0. The van der Waals surface area contributed by atoms with E-state index in [-0.39, 0.29) is 0 Å². The van der Waals surface area contributed by atoms with Gasteiger partial charge in [0, 0.05) is 0 Å². The highest BCUT2D eigenvalue weighted by Gasteiger charge is 2.20. The summed E-state index contributed by atoms with van der Waals surface area (Å²) in [5.74, 6) is 0.873. The Morgan fingerprint density at radius 1 is 1.06 bits per heavy atom. The molecular formula is C17H28. The van der Waals surface area contributed by atoms with E-state index in [2.05, 4.69) is 58.0 Å². The lowest BCUT2D eigenvalue weighted by Gasteiger charge is -2.27. The maximum atomic E-state index is 2.40. The first kappa shape index (κ1) is 14.3. The third-order valence-electron chi connectivity index (χ3n) is 3.87. The van der Waals surface area contributed by atoms with Gasteiger partial charge in [0.15, 0.2) is 0 Å². The monoisotopic (exact) mass is 232 g/mol. The SMILES string of the molecule is CCCCC(C)CCC(C)(C)c1ccccc1. The van der Waals surface area contributed by atoms with Gasteiger partial charge in [-0.25, -0.2) is 0 Å². The van der Waals surface area contributed by atoms with Gasteiger partial charge in [-0.15, -0.1) is 0 Å². The van der Waals surface area contributed by atoms with Crippen LogP contribution in [0.3, 0.4) is 0 Å². The molecule has 0 heterocycles. The summed E-state index contributed by atoms with van der Waals surface area (Å²) >= 11 is 0. The summed E-state index contributed by atoms with van der Waals surface area (Å²) in [5.41, 5.74) is 1.80. The van der Waals surface area contributed by atoms with Crippen molar-refractivity contribution in [3.05, 3.63) is 35.9 Å². The zero-order valence-corrected chi connectivity index (χ0v) is 12.0. The van der Waals surface area contributed by atoms with E-state index in [1.54, 1.807) is 0 Å². The minimum absolute atomic E-state index is 0.321. The van der Waals surface area contributed by atoms with E-state index < -0.39 is 0 Å². The molecule has 0 heteroatoms. The van der Waals surface area contributed by atoms with Gasteiger partial charge in [0.25, 0.3) is 0 Å². The number of hydrogen-bond donors (Lipinski definition) is 0. The van der Waals surface area contributed by atoms with Gasteiger partial charge in [-0.1, -0.05) is 77.3 Å². The van der Waals surface area contributed by atoms with Gasteiger partial charge in [-0.2, -0.15) is 0 Å². The highest BCUT2D eigenvalue weighted by Crippen LogP contribution is 2.30. The van der Waals surface area contributed by atoms with Crippen LogP contribution in [0.15, 0.2) is 30.3 Å². The Morgan fingerprint density at radius 2 is 1.71 bits per heavy atom. The van der Waals surface area contributed by atoms with E-state index in [9.17, 15) is 0 Å². The average Bonchev–Trinajstić information content (AvgIpc) is 2.35. The van der Waals surface area contributed by atoms with Crippen molar-refractivity contribution < 1.29 is 0 Å². The normalized spacial score (nSPS) is 13.6. The Balaban J connectivity index is 2.45. The van der Waals surface area contributed by atoms with Crippen LogP contribution in [-0.4, -0.2) is 0 Å². The van der Waals surface area contributed by atoms with Crippen molar-refractivity contribution in [3.63, 3.8) is 0 Å². The first-order valence-electron chi connectivity index (χ1n) is 7.12. The molecule has 0 radical (unpaired) electrons. The molecule has 1 rings (SSSR count). The lowest BCUT2D eigenvalue weighted by molar-refractivity contribution is 0.380. The molecule has 1 atom stereocenters. The second-order valence-electron chi connectivity index (χ2n) is 6.04. The summed E-state index contributed by atoms with van der Waals surface area (Å²) in [6.45, 7) is 9.42. The number of benzene rings is 1. The van der Waals surface area contributed by atoms with Gasteiger partial charge in [-0.05, 0) is 29.7 Å². The topological polar surface area (TPSA) is 0 Å². The van der Waals surface area contributed by atoms with Gasteiger partial charge in [-0.3, -0.25) is 0 Å². The molecule has 0 N–H and O–H groups in total. The molecule has 0 saturated heterocycles. The zero-order chi connectivity index (χ0) is 12.7. The molecule has 0 aromatic heterocycles. The zero-order valence-electron chi connectivity index (χ0n) is 12.0. The molecule has 0 aliphatic heterocycles. The van der Waals surface area contributed by atoms with Crippen LogP contribution in [0.5, 0.6) is 0 Å². The van der Waals surface area contributed by atoms with Crippen molar-refractivity contribution in [2.24, 2.45) is 5.92 Å². The maximum absolute atomic E-state index is 2.40. The fraction of sp³-hybridized carbons (Fsp3) is 0.647. The van der Waals surface area contributed by atoms with Gasteiger partial charge in [0.05, 0.1) is 0 Å². The van der Waals surface area contributed by atoms with Gasteiger partial charge < -0.3 is 0 Å². The molecule has 17 heavy (non-hydrogen) atoms. The van der Waals surface area contributed by atoms with Gasteiger partial charge in [0.1, 0.15) is 0 Å². The maximum Gasteiger partial charge on any atom is -0.0103 e. The largest absolute Gasteiger partial charge is 0.0654 e. The second-order valence-corrected chi connectivity index (χ2v) is 6.04. The third-order valence-corrected chi connectivity index (χ3v) is 3.87. The molecule has 0 amide bonds. The Labute approximate surface area is 107 Å². The highest BCUT2D eigenvalue weighted by molar-refractivity contribution is 5.23. The lowest BCUT2D eigenvalue weighted by Crippen LogP contribution is -2.18. The standard InChI is InChI=1S/C17H28/c1-5-6-10-15(2)13-14-17(3,4)16-11-8-7-9-12-16/h7-9,11-12,15H,5-6,10,13-14H2,1-4H3. The highest BCUT2D eigenvalue weighted by atomic mass is 14.2. The Morgan fingerprint density at radius 3 is 2.29 bits per heavy atom. The van der Waals surface area contributed by atoms with Crippen molar-refractivity contribution in [3.8, 4) is 0 Å². The van der Waals surface area contributed by atoms with Crippen molar-refractivity contribution in [2.75, 3.05) is 0 Å². The molecular weight excluding hydrogens is 204 g/mol. The molecule has 1 aromatic rings. The average molecular weight is 232 g/mol. The Hall–Kier alpha value is -0.780. The van der Waals surface area contributed by atoms with E-state index in [0.717, 1.165) is 5.92 Å². The van der Waals surface area contributed by atoms with Crippen LogP contribution in [-0.2, 0) is 5.41 Å². The Bertz CT molecular complexity index is 297. The summed E-state index contributed by atoms with van der Waals surface area (Å²) in [4.78, 5) is 0. The van der Waals surface area contributed by atoms with Crippen LogP contribution in [0, 0.1) is 5.92 Å². The van der Waals surface area contributed by atoms with E-state index in [4.69, 9.17) is 0 Å².